The number of aryl methyl sites for hydroxylation is 1. The van der Waals surface area contributed by atoms with Gasteiger partial charge in [0, 0.05) is 24.5 Å². The number of hydrogen-bond donors (Lipinski definition) is 0. The molecule has 15 heavy (non-hydrogen) atoms. The van der Waals surface area contributed by atoms with Gasteiger partial charge in [-0.25, -0.2) is 0 Å². The topological polar surface area (TPSA) is 46.3 Å². The number of halogens is 1. The van der Waals surface area contributed by atoms with Crippen LogP contribution < -0.4 is 0 Å². The molecule has 1 aliphatic rings. The molecule has 5 heteroatoms. The number of alkyl halides is 1. The van der Waals surface area contributed by atoms with Crippen LogP contribution in [0.3, 0.4) is 0 Å². The average Bonchev–Trinajstić information content (AvgIpc) is 2.65. The van der Waals surface area contributed by atoms with E-state index in [1.807, 2.05) is 0 Å². The van der Waals surface area contributed by atoms with Crippen molar-refractivity contribution in [1.29, 1.82) is 0 Å². The molecule has 0 aromatic carbocycles. The van der Waals surface area contributed by atoms with Crippen LogP contribution in [-0.4, -0.2) is 34.4 Å². The number of aromatic nitrogens is 1. The van der Waals surface area contributed by atoms with E-state index in [0.29, 0.717) is 24.5 Å². The Kier molecular flexibility index (Phi) is 2.95. The normalized spacial score (nSPS) is 18.1. The highest BCUT2D eigenvalue weighted by Gasteiger charge is 2.24. The van der Waals surface area contributed by atoms with Crippen molar-refractivity contribution in [2.75, 3.05) is 13.1 Å². The molecule has 0 spiro atoms. The SMILES string of the molecule is Cc1cc(C(=O)N2CCC(Cl)CC2)no1. The molecule has 0 bridgehead atoms. The minimum Gasteiger partial charge on any atom is -0.361 e. The van der Waals surface area contributed by atoms with Crippen LogP contribution in [-0.2, 0) is 0 Å². The minimum absolute atomic E-state index is 0.0598. The molecule has 0 atom stereocenters. The van der Waals surface area contributed by atoms with Crippen LogP contribution in [0.2, 0.25) is 0 Å². The molecule has 1 aliphatic heterocycles. The van der Waals surface area contributed by atoms with E-state index in [1.165, 1.54) is 0 Å². The smallest absolute Gasteiger partial charge is 0.276 e. The Balaban J connectivity index is 2.02. The van der Waals surface area contributed by atoms with Gasteiger partial charge in [0.2, 0.25) is 0 Å². The van der Waals surface area contributed by atoms with Crippen molar-refractivity contribution in [3.05, 3.63) is 17.5 Å². The molecule has 0 aliphatic carbocycles. The zero-order valence-electron chi connectivity index (χ0n) is 8.57. The van der Waals surface area contributed by atoms with E-state index in [0.717, 1.165) is 12.8 Å². The van der Waals surface area contributed by atoms with Crippen molar-refractivity contribution in [3.63, 3.8) is 0 Å². The molecule has 1 amide bonds. The number of carbonyl (C=O) groups is 1. The number of nitrogens with zero attached hydrogens (tertiary/aromatic N) is 2. The molecule has 2 rings (SSSR count). The minimum atomic E-state index is -0.0598. The van der Waals surface area contributed by atoms with Gasteiger partial charge in [0.05, 0.1) is 0 Å². The molecule has 0 saturated carbocycles. The van der Waals surface area contributed by atoms with E-state index in [4.69, 9.17) is 16.1 Å². The van der Waals surface area contributed by atoms with Gasteiger partial charge in [-0.15, -0.1) is 11.6 Å². The van der Waals surface area contributed by atoms with E-state index < -0.39 is 0 Å². The summed E-state index contributed by atoms with van der Waals surface area (Å²) in [4.78, 5) is 13.7. The Morgan fingerprint density at radius 2 is 2.27 bits per heavy atom. The highest BCUT2D eigenvalue weighted by Crippen LogP contribution is 2.17. The number of piperidine rings is 1. The lowest BCUT2D eigenvalue weighted by Crippen LogP contribution is -2.38. The monoisotopic (exact) mass is 228 g/mol. The third-order valence-corrected chi connectivity index (χ3v) is 3.00. The molecule has 1 aromatic heterocycles. The highest BCUT2D eigenvalue weighted by atomic mass is 35.5. The summed E-state index contributed by atoms with van der Waals surface area (Å²) >= 11 is 5.96. The first-order chi connectivity index (χ1) is 7.16. The van der Waals surface area contributed by atoms with Crippen molar-refractivity contribution in [1.82, 2.24) is 10.1 Å². The van der Waals surface area contributed by atoms with Crippen LogP contribution >= 0.6 is 11.6 Å². The highest BCUT2D eigenvalue weighted by molar-refractivity contribution is 6.20. The predicted molar refractivity (Wildman–Crippen MR) is 56.0 cm³/mol. The Labute approximate surface area is 93.2 Å². The molecule has 82 valence electrons. The molecule has 2 heterocycles. The molecule has 1 aromatic rings. The number of hydrogen-bond acceptors (Lipinski definition) is 3. The quantitative estimate of drug-likeness (QED) is 0.689. The van der Waals surface area contributed by atoms with Crippen molar-refractivity contribution in [2.24, 2.45) is 0 Å². The van der Waals surface area contributed by atoms with Gasteiger partial charge < -0.3 is 9.42 Å². The number of carbonyl (C=O) groups excluding carboxylic acids is 1. The summed E-state index contributed by atoms with van der Waals surface area (Å²) in [5.41, 5.74) is 0.389. The van der Waals surface area contributed by atoms with Crippen molar-refractivity contribution in [3.8, 4) is 0 Å². The summed E-state index contributed by atoms with van der Waals surface area (Å²) in [7, 11) is 0. The molecule has 1 saturated heterocycles. The third kappa shape index (κ3) is 2.31. The largest absolute Gasteiger partial charge is 0.361 e. The first-order valence-corrected chi connectivity index (χ1v) is 5.47. The van der Waals surface area contributed by atoms with Crippen LogP contribution in [0.15, 0.2) is 10.6 Å². The second-order valence-electron chi connectivity index (χ2n) is 3.79. The average molecular weight is 229 g/mol. The van der Waals surface area contributed by atoms with E-state index in [-0.39, 0.29) is 11.3 Å². The third-order valence-electron chi connectivity index (χ3n) is 2.56. The summed E-state index contributed by atoms with van der Waals surface area (Å²) in [6.45, 7) is 3.19. The van der Waals surface area contributed by atoms with Crippen LogP contribution in [0.1, 0.15) is 29.1 Å². The fourth-order valence-corrected chi connectivity index (χ4v) is 1.88. The fraction of sp³-hybridized carbons (Fsp3) is 0.600. The van der Waals surface area contributed by atoms with Crippen molar-refractivity contribution in [2.45, 2.75) is 25.1 Å². The van der Waals surface area contributed by atoms with Gasteiger partial charge in [-0.1, -0.05) is 5.16 Å². The molecular weight excluding hydrogens is 216 g/mol. The van der Waals surface area contributed by atoms with Gasteiger partial charge in [0.25, 0.3) is 5.91 Å². The lowest BCUT2D eigenvalue weighted by atomic mass is 10.1. The number of likely N-dealkylation sites (tertiary alicyclic amines) is 1. The Morgan fingerprint density at radius 1 is 1.60 bits per heavy atom. The maximum absolute atomic E-state index is 11.9. The van der Waals surface area contributed by atoms with Crippen LogP contribution in [0, 0.1) is 6.92 Å². The number of amides is 1. The van der Waals surface area contributed by atoms with E-state index in [2.05, 4.69) is 5.16 Å². The summed E-state index contributed by atoms with van der Waals surface area (Å²) in [6.07, 6.45) is 1.70. The van der Waals surface area contributed by atoms with Gasteiger partial charge >= 0.3 is 0 Å². The summed E-state index contributed by atoms with van der Waals surface area (Å²) in [5.74, 6) is 0.598. The van der Waals surface area contributed by atoms with Gasteiger partial charge in [0.1, 0.15) is 5.76 Å². The maximum atomic E-state index is 11.9. The van der Waals surface area contributed by atoms with Crippen molar-refractivity contribution < 1.29 is 9.32 Å². The molecule has 4 nitrogen and oxygen atoms in total. The van der Waals surface area contributed by atoms with E-state index in [9.17, 15) is 4.79 Å². The van der Waals surface area contributed by atoms with Crippen LogP contribution in [0.5, 0.6) is 0 Å². The lowest BCUT2D eigenvalue weighted by Gasteiger charge is -2.28. The first-order valence-electron chi connectivity index (χ1n) is 5.03. The summed E-state index contributed by atoms with van der Waals surface area (Å²) < 4.78 is 4.87. The molecular formula is C10H13ClN2O2. The standard InChI is InChI=1S/C10H13ClN2O2/c1-7-6-9(12-15-7)10(14)13-4-2-8(11)3-5-13/h6,8H,2-5H2,1H3. The van der Waals surface area contributed by atoms with Gasteiger partial charge in [-0.3, -0.25) is 4.79 Å². The Hall–Kier alpha value is -1.03. The summed E-state index contributed by atoms with van der Waals surface area (Å²) in [5, 5.41) is 3.91. The van der Waals surface area contributed by atoms with Gasteiger partial charge in [-0.2, -0.15) is 0 Å². The lowest BCUT2D eigenvalue weighted by molar-refractivity contribution is 0.0716. The second kappa shape index (κ2) is 4.23. The number of rotatable bonds is 1. The molecule has 0 radical (unpaired) electrons. The molecule has 1 fully saturated rings. The van der Waals surface area contributed by atoms with Gasteiger partial charge in [-0.05, 0) is 19.8 Å². The fourth-order valence-electron chi connectivity index (χ4n) is 1.68. The zero-order chi connectivity index (χ0) is 10.8. The predicted octanol–water partition coefficient (Wildman–Crippen LogP) is 1.83. The Bertz CT molecular complexity index is 356. The van der Waals surface area contributed by atoms with E-state index in [1.54, 1.807) is 17.9 Å². The molecule has 0 unspecified atom stereocenters. The van der Waals surface area contributed by atoms with E-state index >= 15 is 0 Å². The molecule has 0 N–H and O–H groups in total. The van der Waals surface area contributed by atoms with Crippen molar-refractivity contribution >= 4 is 17.5 Å². The zero-order valence-corrected chi connectivity index (χ0v) is 9.33. The summed E-state index contributed by atoms with van der Waals surface area (Å²) in [6, 6.07) is 1.66. The maximum Gasteiger partial charge on any atom is 0.276 e. The first kappa shape index (κ1) is 10.5. The van der Waals surface area contributed by atoms with Gasteiger partial charge in [0.15, 0.2) is 5.69 Å². The van der Waals surface area contributed by atoms with Crippen LogP contribution in [0.4, 0.5) is 0 Å². The second-order valence-corrected chi connectivity index (χ2v) is 4.41. The van der Waals surface area contributed by atoms with Crippen LogP contribution in [0.25, 0.3) is 0 Å². The Morgan fingerprint density at radius 3 is 2.80 bits per heavy atom.